The molecule has 3 aromatic rings. The maximum Gasteiger partial charge on any atom is 0.268 e. The second-order valence-corrected chi connectivity index (χ2v) is 5.40. The number of hydrogen-bond acceptors (Lipinski definition) is 6. The van der Waals surface area contributed by atoms with E-state index < -0.39 is 0 Å². The van der Waals surface area contributed by atoms with Gasteiger partial charge in [0.05, 0.1) is 17.0 Å². The van der Waals surface area contributed by atoms with E-state index in [1.807, 2.05) is 37.3 Å². The van der Waals surface area contributed by atoms with Crippen molar-refractivity contribution in [3.63, 3.8) is 0 Å². The zero-order chi connectivity index (χ0) is 14.1. The Hall–Kier alpha value is -2.34. The van der Waals surface area contributed by atoms with Gasteiger partial charge >= 0.3 is 0 Å². The molecule has 0 saturated heterocycles. The molecule has 0 atom stereocenters. The summed E-state index contributed by atoms with van der Waals surface area (Å²) < 4.78 is 10.5. The summed E-state index contributed by atoms with van der Waals surface area (Å²) >= 11 is 1.44. The Kier molecular flexibility index (Phi) is 3.15. The second-order valence-electron chi connectivity index (χ2n) is 4.32. The second kappa shape index (κ2) is 4.97. The zero-order valence-electron chi connectivity index (χ0n) is 11.1. The third-order valence-corrected chi connectivity index (χ3v) is 3.94. The van der Waals surface area contributed by atoms with Gasteiger partial charge in [-0.3, -0.25) is 0 Å². The lowest BCUT2D eigenvalue weighted by molar-refractivity contribution is 0.414. The van der Waals surface area contributed by atoms with Crippen LogP contribution in [0.2, 0.25) is 0 Å². The molecule has 0 fully saturated rings. The molecule has 102 valence electrons. The number of anilines is 1. The fraction of sp³-hybridized carbons (Fsp3) is 0.143. The lowest BCUT2D eigenvalue weighted by Gasteiger charge is -1.99. The van der Waals surface area contributed by atoms with Crippen LogP contribution in [-0.4, -0.2) is 17.3 Å². The van der Waals surface area contributed by atoms with E-state index in [0.29, 0.717) is 11.7 Å². The van der Waals surface area contributed by atoms with Crippen LogP contribution in [0.25, 0.3) is 22.2 Å². The monoisotopic (exact) mass is 287 g/mol. The Labute approximate surface area is 120 Å². The Morgan fingerprint density at radius 2 is 2.15 bits per heavy atom. The van der Waals surface area contributed by atoms with Gasteiger partial charge in [-0.05, 0) is 30.7 Å². The van der Waals surface area contributed by atoms with Crippen LogP contribution in [0.3, 0.4) is 0 Å². The summed E-state index contributed by atoms with van der Waals surface area (Å²) in [5.41, 5.74) is 7.67. The highest BCUT2D eigenvalue weighted by molar-refractivity contribution is 7.19. The Morgan fingerprint density at radius 3 is 2.85 bits per heavy atom. The van der Waals surface area contributed by atoms with Gasteiger partial charge < -0.3 is 15.0 Å². The molecule has 0 radical (unpaired) electrons. The van der Waals surface area contributed by atoms with Gasteiger partial charge in [-0.1, -0.05) is 17.3 Å². The molecule has 20 heavy (non-hydrogen) atoms. The third kappa shape index (κ3) is 2.25. The van der Waals surface area contributed by atoms with Crippen molar-refractivity contribution in [3.05, 3.63) is 35.9 Å². The van der Waals surface area contributed by atoms with E-state index in [1.54, 1.807) is 7.11 Å². The topological polar surface area (TPSA) is 74.2 Å². The molecule has 0 amide bonds. The van der Waals surface area contributed by atoms with E-state index >= 15 is 0 Å². The van der Waals surface area contributed by atoms with E-state index in [1.165, 1.54) is 11.3 Å². The van der Waals surface area contributed by atoms with E-state index in [0.717, 1.165) is 26.8 Å². The predicted molar refractivity (Wildman–Crippen MR) is 78.7 cm³/mol. The van der Waals surface area contributed by atoms with Gasteiger partial charge in [0.15, 0.2) is 0 Å². The Morgan fingerprint density at radius 1 is 1.30 bits per heavy atom. The van der Waals surface area contributed by atoms with Crippen LogP contribution in [0.15, 0.2) is 34.9 Å². The SMILES string of the molecule is COc1cccc(-c2noc(-c3sc(N)cc3C)n2)c1. The number of aryl methyl sites for hydroxylation is 1. The molecular weight excluding hydrogens is 274 g/mol. The van der Waals surface area contributed by atoms with Gasteiger partial charge in [0.1, 0.15) is 5.75 Å². The Bertz CT molecular complexity index is 748. The predicted octanol–water partition coefficient (Wildman–Crippen LogP) is 3.36. The maximum atomic E-state index is 5.78. The van der Waals surface area contributed by atoms with Crippen LogP contribution in [0.5, 0.6) is 5.75 Å². The van der Waals surface area contributed by atoms with E-state index in [2.05, 4.69) is 10.1 Å². The molecule has 0 unspecified atom stereocenters. The highest BCUT2D eigenvalue weighted by Gasteiger charge is 2.15. The molecular formula is C14H13N3O2S. The number of benzene rings is 1. The first-order valence-corrected chi connectivity index (χ1v) is 6.83. The molecule has 6 heteroatoms. The number of nitrogens with zero attached hydrogens (tertiary/aromatic N) is 2. The molecule has 0 saturated carbocycles. The summed E-state index contributed by atoms with van der Waals surface area (Å²) in [5.74, 6) is 1.78. The van der Waals surface area contributed by atoms with E-state index in [4.69, 9.17) is 15.0 Å². The van der Waals surface area contributed by atoms with Crippen LogP contribution in [-0.2, 0) is 0 Å². The largest absolute Gasteiger partial charge is 0.497 e. The average molecular weight is 287 g/mol. The number of rotatable bonds is 3. The molecule has 2 N–H and O–H groups in total. The first kappa shape index (κ1) is 12.7. The minimum Gasteiger partial charge on any atom is -0.497 e. The fourth-order valence-electron chi connectivity index (χ4n) is 1.91. The summed E-state index contributed by atoms with van der Waals surface area (Å²) in [6.07, 6.45) is 0. The van der Waals surface area contributed by atoms with Crippen LogP contribution >= 0.6 is 11.3 Å². The lowest BCUT2D eigenvalue weighted by Crippen LogP contribution is -1.85. The number of ether oxygens (including phenoxy) is 1. The third-order valence-electron chi connectivity index (χ3n) is 2.89. The molecule has 2 aromatic heterocycles. The highest BCUT2D eigenvalue weighted by Crippen LogP contribution is 2.33. The first-order chi connectivity index (χ1) is 9.67. The minimum atomic E-state index is 0.488. The molecule has 3 rings (SSSR count). The number of nitrogens with two attached hydrogens (primary N) is 1. The van der Waals surface area contributed by atoms with Gasteiger partial charge in [-0.15, -0.1) is 11.3 Å². The summed E-state index contributed by atoms with van der Waals surface area (Å²) in [6.45, 7) is 1.97. The van der Waals surface area contributed by atoms with Gasteiger partial charge in [-0.25, -0.2) is 0 Å². The summed E-state index contributed by atoms with van der Waals surface area (Å²) in [6, 6.07) is 9.43. The molecule has 0 aliphatic rings. The lowest BCUT2D eigenvalue weighted by atomic mass is 10.2. The van der Waals surface area contributed by atoms with Crippen molar-refractivity contribution in [2.75, 3.05) is 12.8 Å². The number of nitrogen functional groups attached to an aromatic ring is 1. The van der Waals surface area contributed by atoms with Crippen molar-refractivity contribution in [1.29, 1.82) is 0 Å². The van der Waals surface area contributed by atoms with Crippen molar-refractivity contribution in [2.24, 2.45) is 0 Å². The molecule has 1 aromatic carbocycles. The average Bonchev–Trinajstić information content (AvgIpc) is 3.05. The minimum absolute atomic E-state index is 0.488. The smallest absolute Gasteiger partial charge is 0.268 e. The van der Waals surface area contributed by atoms with Crippen LogP contribution in [0.4, 0.5) is 5.00 Å². The van der Waals surface area contributed by atoms with Crippen LogP contribution in [0, 0.1) is 6.92 Å². The quantitative estimate of drug-likeness (QED) is 0.799. The van der Waals surface area contributed by atoms with Crippen LogP contribution in [0.1, 0.15) is 5.56 Å². The number of hydrogen-bond donors (Lipinski definition) is 1. The summed E-state index contributed by atoms with van der Waals surface area (Å²) in [5, 5.41) is 4.75. The molecule has 2 heterocycles. The number of aromatic nitrogens is 2. The molecule has 0 aliphatic carbocycles. The van der Waals surface area contributed by atoms with E-state index in [-0.39, 0.29) is 0 Å². The van der Waals surface area contributed by atoms with Gasteiger partial charge in [-0.2, -0.15) is 4.98 Å². The van der Waals surface area contributed by atoms with Crippen molar-refractivity contribution >= 4 is 16.3 Å². The summed E-state index contributed by atoms with van der Waals surface area (Å²) in [7, 11) is 1.62. The Balaban J connectivity index is 1.99. The normalized spacial score (nSPS) is 10.7. The number of thiophene rings is 1. The standard InChI is InChI=1S/C14H13N3O2S/c1-8-6-11(15)20-12(8)14-16-13(17-19-14)9-4-3-5-10(7-9)18-2/h3-7H,15H2,1-2H3. The van der Waals surface area contributed by atoms with Crippen molar-refractivity contribution in [1.82, 2.24) is 10.1 Å². The van der Waals surface area contributed by atoms with Crippen molar-refractivity contribution < 1.29 is 9.26 Å². The van der Waals surface area contributed by atoms with Crippen molar-refractivity contribution in [3.8, 4) is 27.9 Å². The fourth-order valence-corrected chi connectivity index (χ4v) is 2.78. The first-order valence-electron chi connectivity index (χ1n) is 6.02. The number of methoxy groups -OCH3 is 1. The molecule has 0 bridgehead atoms. The van der Waals surface area contributed by atoms with Gasteiger partial charge in [0, 0.05) is 5.56 Å². The molecule has 0 spiro atoms. The van der Waals surface area contributed by atoms with E-state index in [9.17, 15) is 0 Å². The summed E-state index contributed by atoms with van der Waals surface area (Å²) in [4.78, 5) is 5.33. The zero-order valence-corrected chi connectivity index (χ0v) is 11.9. The van der Waals surface area contributed by atoms with Gasteiger partial charge in [0.2, 0.25) is 5.82 Å². The van der Waals surface area contributed by atoms with Crippen molar-refractivity contribution in [2.45, 2.75) is 6.92 Å². The molecule has 5 nitrogen and oxygen atoms in total. The molecule has 0 aliphatic heterocycles. The van der Waals surface area contributed by atoms with Crippen LogP contribution < -0.4 is 10.5 Å². The highest BCUT2D eigenvalue weighted by atomic mass is 32.1. The maximum absolute atomic E-state index is 5.78. The van der Waals surface area contributed by atoms with Gasteiger partial charge in [0.25, 0.3) is 5.89 Å².